The van der Waals surface area contributed by atoms with E-state index in [0.717, 1.165) is 4.70 Å². The van der Waals surface area contributed by atoms with Crippen molar-refractivity contribution in [3.05, 3.63) is 40.4 Å². The summed E-state index contributed by atoms with van der Waals surface area (Å²) in [5.74, 6) is -0.229. The van der Waals surface area contributed by atoms with Gasteiger partial charge in [0.15, 0.2) is 5.75 Å². The molecule has 11 heteroatoms. The molecule has 24 heavy (non-hydrogen) atoms. The van der Waals surface area contributed by atoms with Crippen LogP contribution in [0.1, 0.15) is 0 Å². The first-order valence-electron chi connectivity index (χ1n) is 6.27. The third-order valence-corrected chi connectivity index (χ3v) is 5.34. The van der Waals surface area contributed by atoms with Crippen LogP contribution in [0.25, 0.3) is 10.2 Å². The average molecular weight is 403 g/mol. The number of hydrogen-bond acceptors (Lipinski definition) is 7. The SMILES string of the molecule is NS(=O)(=O)c1ccc2sc(N=Nc3cc(Cl)c(O)c(Cl)c3)nc2c1. The fourth-order valence-electron chi connectivity index (χ4n) is 1.83. The molecule has 124 valence electrons. The van der Waals surface area contributed by atoms with Gasteiger partial charge in [-0.1, -0.05) is 34.5 Å². The molecule has 0 unspecified atom stereocenters. The first-order chi connectivity index (χ1) is 11.2. The second-order valence-electron chi connectivity index (χ2n) is 4.63. The maximum Gasteiger partial charge on any atom is 0.238 e. The quantitative estimate of drug-likeness (QED) is 0.631. The number of phenolic OH excluding ortho intramolecular Hbond substituents is 1. The lowest BCUT2D eigenvalue weighted by Gasteiger charge is -1.99. The van der Waals surface area contributed by atoms with Crippen LogP contribution in [0.4, 0.5) is 10.8 Å². The van der Waals surface area contributed by atoms with Gasteiger partial charge in [-0.25, -0.2) is 18.5 Å². The zero-order valence-corrected chi connectivity index (χ0v) is 14.8. The van der Waals surface area contributed by atoms with E-state index < -0.39 is 10.0 Å². The molecule has 0 amide bonds. The number of phenols is 1. The van der Waals surface area contributed by atoms with E-state index in [1.165, 1.54) is 35.6 Å². The Morgan fingerprint density at radius 2 is 1.79 bits per heavy atom. The van der Waals surface area contributed by atoms with Crippen molar-refractivity contribution in [1.29, 1.82) is 0 Å². The van der Waals surface area contributed by atoms with E-state index in [1.807, 2.05) is 0 Å². The monoisotopic (exact) mass is 402 g/mol. The number of halogens is 2. The molecule has 0 aliphatic rings. The summed E-state index contributed by atoms with van der Waals surface area (Å²) in [6, 6.07) is 7.17. The smallest absolute Gasteiger partial charge is 0.238 e. The molecule has 0 spiro atoms. The number of benzene rings is 2. The van der Waals surface area contributed by atoms with Gasteiger partial charge in [0, 0.05) is 0 Å². The van der Waals surface area contributed by atoms with Crippen molar-refractivity contribution in [3.8, 4) is 5.75 Å². The maximum absolute atomic E-state index is 11.4. The van der Waals surface area contributed by atoms with E-state index in [2.05, 4.69) is 15.2 Å². The molecular formula is C13H8Cl2N4O3S2. The summed E-state index contributed by atoms with van der Waals surface area (Å²) in [6.45, 7) is 0. The normalized spacial score (nSPS) is 12.3. The number of hydrogen-bond donors (Lipinski definition) is 2. The van der Waals surface area contributed by atoms with Gasteiger partial charge in [0.2, 0.25) is 15.2 Å². The molecule has 0 radical (unpaired) electrons. The first kappa shape index (κ1) is 17.1. The minimum atomic E-state index is -3.80. The summed E-state index contributed by atoms with van der Waals surface area (Å²) in [5.41, 5.74) is 0.787. The van der Waals surface area contributed by atoms with E-state index in [4.69, 9.17) is 28.3 Å². The summed E-state index contributed by atoms with van der Waals surface area (Å²) in [4.78, 5) is 4.16. The zero-order valence-electron chi connectivity index (χ0n) is 11.6. The Kier molecular flexibility index (Phi) is 4.45. The Bertz CT molecular complexity index is 1060. The molecule has 3 rings (SSSR count). The fraction of sp³-hybridized carbons (Fsp3) is 0. The number of azo groups is 1. The van der Waals surface area contributed by atoms with Crippen molar-refractivity contribution in [2.24, 2.45) is 15.4 Å². The lowest BCUT2D eigenvalue weighted by molar-refractivity contribution is 0.476. The van der Waals surface area contributed by atoms with Gasteiger partial charge >= 0.3 is 0 Å². The number of thiazole rings is 1. The Balaban J connectivity index is 1.96. The first-order valence-corrected chi connectivity index (χ1v) is 9.39. The van der Waals surface area contributed by atoms with Gasteiger partial charge in [-0.2, -0.15) is 0 Å². The maximum atomic E-state index is 11.4. The third kappa shape index (κ3) is 3.50. The minimum absolute atomic E-state index is 0.0270. The second kappa shape index (κ2) is 6.26. The largest absolute Gasteiger partial charge is 0.505 e. The molecule has 2 aromatic carbocycles. The fourth-order valence-corrected chi connectivity index (χ4v) is 3.60. The number of aromatic nitrogens is 1. The van der Waals surface area contributed by atoms with Gasteiger partial charge < -0.3 is 5.11 Å². The van der Waals surface area contributed by atoms with Crippen molar-refractivity contribution in [2.45, 2.75) is 4.90 Å². The minimum Gasteiger partial charge on any atom is -0.505 e. The van der Waals surface area contributed by atoms with E-state index in [0.29, 0.717) is 16.3 Å². The summed E-state index contributed by atoms with van der Waals surface area (Å²) in [5, 5.41) is 22.9. The molecule has 0 saturated heterocycles. The Labute approximate surface area is 150 Å². The van der Waals surface area contributed by atoms with Crippen molar-refractivity contribution < 1.29 is 13.5 Å². The highest BCUT2D eigenvalue weighted by molar-refractivity contribution is 7.89. The highest BCUT2D eigenvalue weighted by Gasteiger charge is 2.11. The lowest BCUT2D eigenvalue weighted by Crippen LogP contribution is -2.11. The summed E-state index contributed by atoms with van der Waals surface area (Å²) < 4.78 is 23.4. The van der Waals surface area contributed by atoms with Crippen LogP contribution >= 0.6 is 34.5 Å². The number of rotatable bonds is 3. The predicted octanol–water partition coefficient (Wildman–Crippen LogP) is 4.37. The summed E-state index contributed by atoms with van der Waals surface area (Å²) in [7, 11) is -3.80. The van der Waals surface area contributed by atoms with Gasteiger partial charge in [0.05, 0.1) is 30.8 Å². The summed E-state index contributed by atoms with van der Waals surface area (Å²) in [6.07, 6.45) is 0. The van der Waals surface area contributed by atoms with E-state index in [-0.39, 0.29) is 20.7 Å². The Morgan fingerprint density at radius 3 is 2.42 bits per heavy atom. The number of primary sulfonamides is 1. The van der Waals surface area contributed by atoms with Crippen LogP contribution in [-0.2, 0) is 10.0 Å². The topological polar surface area (TPSA) is 118 Å². The van der Waals surface area contributed by atoms with E-state index in [9.17, 15) is 13.5 Å². The van der Waals surface area contributed by atoms with Crippen molar-refractivity contribution in [1.82, 2.24) is 4.98 Å². The van der Waals surface area contributed by atoms with Crippen LogP contribution < -0.4 is 5.14 Å². The molecule has 3 aromatic rings. The average Bonchev–Trinajstić information content (AvgIpc) is 2.91. The van der Waals surface area contributed by atoms with Crippen LogP contribution in [0.2, 0.25) is 10.0 Å². The van der Waals surface area contributed by atoms with Crippen molar-refractivity contribution >= 4 is 65.6 Å². The lowest BCUT2D eigenvalue weighted by atomic mass is 10.3. The van der Waals surface area contributed by atoms with Crippen molar-refractivity contribution in [3.63, 3.8) is 0 Å². The van der Waals surface area contributed by atoms with Crippen LogP contribution in [0.5, 0.6) is 5.75 Å². The van der Waals surface area contributed by atoms with Gasteiger partial charge in [-0.3, -0.25) is 0 Å². The molecular weight excluding hydrogens is 395 g/mol. The highest BCUT2D eigenvalue weighted by atomic mass is 35.5. The molecule has 1 heterocycles. The number of nitrogens with two attached hydrogens (primary N) is 1. The van der Waals surface area contributed by atoms with Gasteiger partial charge in [-0.05, 0) is 30.3 Å². The summed E-state index contributed by atoms with van der Waals surface area (Å²) >= 11 is 12.8. The van der Waals surface area contributed by atoms with Crippen LogP contribution in [0.15, 0.2) is 45.5 Å². The standard InChI is InChI=1S/C13H8Cl2N4O3S2/c14-8-3-6(4-9(15)12(8)20)18-19-13-17-10-5-7(24(16,21)22)1-2-11(10)23-13/h1-5,20H,(H2,16,21,22). The van der Waals surface area contributed by atoms with E-state index in [1.54, 1.807) is 6.07 Å². The van der Waals surface area contributed by atoms with Crippen LogP contribution in [0.3, 0.4) is 0 Å². The number of nitrogens with zero attached hydrogens (tertiary/aromatic N) is 3. The number of aromatic hydroxyl groups is 1. The number of sulfonamides is 1. The third-order valence-electron chi connectivity index (χ3n) is 2.93. The molecule has 7 nitrogen and oxygen atoms in total. The van der Waals surface area contributed by atoms with Gasteiger partial charge in [0.1, 0.15) is 0 Å². The highest BCUT2D eigenvalue weighted by Crippen LogP contribution is 2.37. The predicted molar refractivity (Wildman–Crippen MR) is 93.3 cm³/mol. The zero-order chi connectivity index (χ0) is 17.5. The molecule has 0 atom stereocenters. The van der Waals surface area contributed by atoms with Crippen molar-refractivity contribution in [2.75, 3.05) is 0 Å². The molecule has 0 aliphatic heterocycles. The van der Waals surface area contributed by atoms with Crippen LogP contribution in [0, 0.1) is 0 Å². The Morgan fingerprint density at radius 1 is 1.12 bits per heavy atom. The molecule has 3 N–H and O–H groups in total. The molecule has 0 saturated carbocycles. The Hall–Kier alpha value is -1.78. The second-order valence-corrected chi connectivity index (χ2v) is 8.01. The van der Waals surface area contributed by atoms with Crippen LogP contribution in [-0.4, -0.2) is 18.5 Å². The molecule has 1 aromatic heterocycles. The number of fused-ring (bicyclic) bond motifs is 1. The van der Waals surface area contributed by atoms with Gasteiger partial charge in [-0.15, -0.1) is 10.2 Å². The molecule has 0 bridgehead atoms. The molecule has 0 aliphatic carbocycles. The van der Waals surface area contributed by atoms with E-state index >= 15 is 0 Å². The molecule has 0 fully saturated rings. The van der Waals surface area contributed by atoms with Gasteiger partial charge in [0.25, 0.3) is 0 Å².